The fourth-order valence-electron chi connectivity index (χ4n) is 3.32. The molecule has 6 heteroatoms. The van der Waals surface area contributed by atoms with Crippen LogP contribution in [-0.2, 0) is 11.2 Å². The Balaban J connectivity index is 1.69. The molecule has 0 unspecified atom stereocenters. The van der Waals surface area contributed by atoms with Crippen molar-refractivity contribution in [2.75, 3.05) is 20.2 Å². The zero-order chi connectivity index (χ0) is 17.8. The normalized spacial score (nSPS) is 20.5. The summed E-state index contributed by atoms with van der Waals surface area (Å²) in [4.78, 5) is 28.0. The molecule has 1 fully saturated rings. The minimum absolute atomic E-state index is 0.136. The Morgan fingerprint density at radius 1 is 1.32 bits per heavy atom. The molecule has 0 saturated carbocycles. The summed E-state index contributed by atoms with van der Waals surface area (Å²) in [5, 5.41) is 0. The third-order valence-corrected chi connectivity index (χ3v) is 4.76. The van der Waals surface area contributed by atoms with Gasteiger partial charge in [0.25, 0.3) is 5.91 Å². The van der Waals surface area contributed by atoms with E-state index >= 15 is 0 Å². The van der Waals surface area contributed by atoms with Crippen molar-refractivity contribution in [2.24, 2.45) is 5.92 Å². The van der Waals surface area contributed by atoms with Crippen LogP contribution in [-0.4, -0.2) is 42.1 Å². The van der Waals surface area contributed by atoms with Crippen LogP contribution < -0.4 is 5.56 Å². The van der Waals surface area contributed by atoms with Crippen molar-refractivity contribution in [2.45, 2.75) is 18.9 Å². The molecule has 3 rings (SSSR count). The molecule has 1 aromatic carbocycles. The van der Waals surface area contributed by atoms with Crippen LogP contribution in [0.2, 0.25) is 0 Å². The summed E-state index contributed by atoms with van der Waals surface area (Å²) in [5.74, 6) is -0.187. The molecule has 2 aromatic rings. The average molecular weight is 344 g/mol. The predicted molar refractivity (Wildman–Crippen MR) is 92.0 cm³/mol. The molecule has 2 atom stereocenters. The van der Waals surface area contributed by atoms with Crippen molar-refractivity contribution in [3.63, 3.8) is 0 Å². The fourth-order valence-corrected chi connectivity index (χ4v) is 3.32. The number of rotatable bonds is 4. The average Bonchev–Trinajstić information content (AvgIpc) is 2.64. The van der Waals surface area contributed by atoms with Gasteiger partial charge in [0.2, 0.25) is 5.56 Å². The van der Waals surface area contributed by atoms with Crippen molar-refractivity contribution in [1.82, 2.24) is 9.88 Å². The van der Waals surface area contributed by atoms with Crippen LogP contribution >= 0.6 is 0 Å². The first-order chi connectivity index (χ1) is 12.1. The zero-order valence-corrected chi connectivity index (χ0v) is 14.1. The molecule has 25 heavy (non-hydrogen) atoms. The predicted octanol–water partition coefficient (Wildman–Crippen LogP) is 2.23. The molecule has 0 aliphatic carbocycles. The van der Waals surface area contributed by atoms with Gasteiger partial charge in [-0.15, -0.1) is 0 Å². The number of pyridine rings is 1. The van der Waals surface area contributed by atoms with Gasteiger partial charge >= 0.3 is 0 Å². The van der Waals surface area contributed by atoms with E-state index in [4.69, 9.17) is 4.74 Å². The van der Waals surface area contributed by atoms with Crippen LogP contribution in [0, 0.1) is 11.7 Å². The lowest BCUT2D eigenvalue weighted by atomic mass is 9.87. The molecule has 132 valence electrons. The molecule has 1 aliphatic rings. The number of H-pyrrole nitrogens is 1. The quantitative estimate of drug-likeness (QED) is 0.925. The van der Waals surface area contributed by atoms with E-state index in [9.17, 15) is 14.0 Å². The number of hydrogen-bond acceptors (Lipinski definition) is 3. The van der Waals surface area contributed by atoms with Crippen LogP contribution in [0.1, 0.15) is 22.3 Å². The number of carbonyl (C=O) groups excluding carboxylic acids is 1. The zero-order valence-electron chi connectivity index (χ0n) is 14.1. The van der Waals surface area contributed by atoms with E-state index in [1.54, 1.807) is 24.1 Å². The summed E-state index contributed by atoms with van der Waals surface area (Å²) in [7, 11) is 1.62. The minimum Gasteiger partial charge on any atom is -0.379 e. The lowest BCUT2D eigenvalue weighted by Crippen LogP contribution is -2.48. The SMILES string of the molecule is CO[C@@H]1CN(C(=O)c2ccc(=O)[nH]c2)CC[C@@H]1Cc1ccccc1F. The molecule has 1 N–H and O–H groups in total. The van der Waals surface area contributed by atoms with E-state index in [1.165, 1.54) is 24.4 Å². The number of nitrogens with one attached hydrogen (secondary N) is 1. The lowest BCUT2D eigenvalue weighted by molar-refractivity contribution is -0.00719. The van der Waals surface area contributed by atoms with Crippen LogP contribution in [0.5, 0.6) is 0 Å². The molecule has 1 aromatic heterocycles. The standard InChI is InChI=1S/C19H21FN2O3/c1-25-17-12-22(19(24)15-6-7-18(23)21-11-15)9-8-14(17)10-13-4-2-3-5-16(13)20/h2-7,11,14,17H,8-10,12H2,1H3,(H,21,23)/t14-,17-/m1/s1. The fraction of sp³-hybridized carbons (Fsp3) is 0.368. The first-order valence-electron chi connectivity index (χ1n) is 8.32. The highest BCUT2D eigenvalue weighted by Gasteiger charge is 2.32. The second-order valence-electron chi connectivity index (χ2n) is 6.31. The highest BCUT2D eigenvalue weighted by atomic mass is 19.1. The number of halogens is 1. The van der Waals surface area contributed by atoms with Gasteiger partial charge in [0.05, 0.1) is 11.7 Å². The highest BCUT2D eigenvalue weighted by molar-refractivity contribution is 5.93. The lowest BCUT2D eigenvalue weighted by Gasteiger charge is -2.38. The number of nitrogens with zero attached hydrogens (tertiary/aromatic N) is 1. The highest BCUT2D eigenvalue weighted by Crippen LogP contribution is 2.26. The number of benzene rings is 1. The van der Waals surface area contributed by atoms with Gasteiger partial charge in [-0.1, -0.05) is 18.2 Å². The van der Waals surface area contributed by atoms with Crippen molar-refractivity contribution < 1.29 is 13.9 Å². The first kappa shape index (κ1) is 17.4. The van der Waals surface area contributed by atoms with Gasteiger partial charge in [0.1, 0.15) is 5.82 Å². The maximum Gasteiger partial charge on any atom is 0.255 e. The van der Waals surface area contributed by atoms with Crippen molar-refractivity contribution in [3.8, 4) is 0 Å². The van der Waals surface area contributed by atoms with Gasteiger partial charge in [0.15, 0.2) is 0 Å². The summed E-state index contributed by atoms with van der Waals surface area (Å²) < 4.78 is 19.5. The van der Waals surface area contributed by atoms with Gasteiger partial charge in [-0.3, -0.25) is 9.59 Å². The summed E-state index contributed by atoms with van der Waals surface area (Å²) in [5.41, 5.74) is 0.881. The molecule has 0 bridgehead atoms. The number of piperidine rings is 1. The van der Waals surface area contributed by atoms with Crippen LogP contribution in [0.3, 0.4) is 0 Å². The number of hydrogen-bond donors (Lipinski definition) is 1. The summed E-state index contributed by atoms with van der Waals surface area (Å²) in [6, 6.07) is 9.62. The Kier molecular flexibility index (Phi) is 5.28. The van der Waals surface area contributed by atoms with E-state index in [0.717, 1.165) is 6.42 Å². The molecule has 0 radical (unpaired) electrons. The second kappa shape index (κ2) is 7.61. The van der Waals surface area contributed by atoms with Crippen molar-refractivity contribution in [3.05, 3.63) is 69.9 Å². The summed E-state index contributed by atoms with van der Waals surface area (Å²) in [6.07, 6.45) is 2.60. The molecule has 1 saturated heterocycles. The number of methoxy groups -OCH3 is 1. The van der Waals surface area contributed by atoms with E-state index in [0.29, 0.717) is 30.6 Å². The monoisotopic (exact) mass is 344 g/mol. The molecule has 2 heterocycles. The maximum absolute atomic E-state index is 13.9. The third-order valence-electron chi connectivity index (χ3n) is 4.76. The number of carbonyl (C=O) groups is 1. The minimum atomic E-state index is -0.241. The first-order valence-corrected chi connectivity index (χ1v) is 8.32. The van der Waals surface area contributed by atoms with Crippen LogP contribution in [0.15, 0.2) is 47.4 Å². The van der Waals surface area contributed by atoms with Gasteiger partial charge in [-0.2, -0.15) is 0 Å². The number of aromatic amines is 1. The Bertz CT molecular complexity index is 785. The molecule has 0 spiro atoms. The topological polar surface area (TPSA) is 62.4 Å². The van der Waals surface area contributed by atoms with Gasteiger partial charge in [-0.25, -0.2) is 4.39 Å². The molecule has 5 nitrogen and oxygen atoms in total. The largest absolute Gasteiger partial charge is 0.379 e. The molecule has 1 amide bonds. The number of amides is 1. The third kappa shape index (κ3) is 3.96. The maximum atomic E-state index is 13.9. The summed E-state index contributed by atoms with van der Waals surface area (Å²) in [6.45, 7) is 1.03. The summed E-state index contributed by atoms with van der Waals surface area (Å²) >= 11 is 0. The molecular formula is C19H21FN2O3. The van der Waals surface area contributed by atoms with Gasteiger partial charge in [-0.05, 0) is 36.5 Å². The number of likely N-dealkylation sites (tertiary alicyclic amines) is 1. The van der Waals surface area contributed by atoms with E-state index in [-0.39, 0.29) is 29.3 Å². The Hall–Kier alpha value is -2.47. The van der Waals surface area contributed by atoms with E-state index in [1.807, 2.05) is 6.07 Å². The number of aromatic nitrogens is 1. The van der Waals surface area contributed by atoms with Crippen LogP contribution in [0.4, 0.5) is 4.39 Å². The molecular weight excluding hydrogens is 323 g/mol. The Morgan fingerprint density at radius 3 is 2.80 bits per heavy atom. The van der Waals surface area contributed by atoms with Gasteiger partial charge < -0.3 is 14.6 Å². The number of ether oxygens (including phenoxy) is 1. The van der Waals surface area contributed by atoms with Crippen molar-refractivity contribution >= 4 is 5.91 Å². The Morgan fingerprint density at radius 2 is 2.12 bits per heavy atom. The van der Waals surface area contributed by atoms with E-state index < -0.39 is 0 Å². The smallest absolute Gasteiger partial charge is 0.255 e. The second-order valence-corrected chi connectivity index (χ2v) is 6.31. The Labute approximate surface area is 145 Å². The van der Waals surface area contributed by atoms with Gasteiger partial charge in [0, 0.05) is 32.5 Å². The van der Waals surface area contributed by atoms with Crippen molar-refractivity contribution in [1.29, 1.82) is 0 Å². The van der Waals surface area contributed by atoms with Crippen LogP contribution in [0.25, 0.3) is 0 Å². The van der Waals surface area contributed by atoms with E-state index in [2.05, 4.69) is 4.98 Å². The molecule has 1 aliphatic heterocycles.